The third-order valence-corrected chi connectivity index (χ3v) is 6.21. The smallest absolute Gasteiger partial charge is 0.272 e. The van der Waals surface area contributed by atoms with Crippen molar-refractivity contribution in [3.05, 3.63) is 47.0 Å². The number of carbonyl (C=O) groups is 1. The van der Waals surface area contributed by atoms with Crippen molar-refractivity contribution in [1.29, 1.82) is 5.26 Å². The van der Waals surface area contributed by atoms with Gasteiger partial charge in [0.15, 0.2) is 0 Å². The van der Waals surface area contributed by atoms with Crippen molar-refractivity contribution in [3.8, 4) is 6.07 Å². The molecule has 8 nitrogen and oxygen atoms in total. The first kappa shape index (κ1) is 20.0. The van der Waals surface area contributed by atoms with Crippen LogP contribution in [-0.4, -0.2) is 37.6 Å². The van der Waals surface area contributed by atoms with E-state index in [1.807, 2.05) is 0 Å². The standard InChI is InChI=1S/C18H19FN4O4S/c1-11-15(28(25,26)22-18(2)9-27-10-18)8-23(3)16(11)17(24)21-13-4-5-14(19)12(6-13)7-20/h4-6,8,22H,9-10H2,1-3H3,(H,21,24). The third kappa shape index (κ3) is 3.64. The Labute approximate surface area is 162 Å². The number of nitrogens with one attached hydrogen (secondary N) is 2. The number of ether oxygens (including phenoxy) is 1. The first-order valence-electron chi connectivity index (χ1n) is 8.35. The highest BCUT2D eigenvalue weighted by atomic mass is 32.2. The van der Waals surface area contributed by atoms with Crippen molar-refractivity contribution in [2.24, 2.45) is 7.05 Å². The SMILES string of the molecule is Cc1c(S(=O)(=O)NC2(C)COC2)cn(C)c1C(=O)Nc1ccc(F)c(C#N)c1. The number of aromatic nitrogens is 1. The van der Waals surface area contributed by atoms with Gasteiger partial charge in [0.2, 0.25) is 10.0 Å². The number of hydrogen-bond donors (Lipinski definition) is 2. The Bertz CT molecular complexity index is 1100. The maximum absolute atomic E-state index is 13.4. The van der Waals surface area contributed by atoms with Gasteiger partial charge in [-0.05, 0) is 37.6 Å². The normalized spacial score (nSPS) is 15.5. The second kappa shape index (κ2) is 7.01. The Morgan fingerprint density at radius 1 is 1.39 bits per heavy atom. The molecule has 1 aliphatic rings. The lowest BCUT2D eigenvalue weighted by Crippen LogP contribution is -2.59. The summed E-state index contributed by atoms with van der Waals surface area (Å²) < 4.78 is 48.0. The summed E-state index contributed by atoms with van der Waals surface area (Å²) in [6.45, 7) is 3.82. The molecule has 0 unspecified atom stereocenters. The minimum absolute atomic E-state index is 0.00917. The molecule has 2 N–H and O–H groups in total. The van der Waals surface area contributed by atoms with E-state index in [1.165, 1.54) is 29.8 Å². The molecular formula is C18H19FN4O4S. The lowest BCUT2D eigenvalue weighted by molar-refractivity contribution is -0.0523. The lowest BCUT2D eigenvalue weighted by Gasteiger charge is -2.38. The van der Waals surface area contributed by atoms with E-state index in [-0.39, 0.29) is 40.6 Å². The first-order valence-corrected chi connectivity index (χ1v) is 9.83. The van der Waals surface area contributed by atoms with Crippen LogP contribution in [0.15, 0.2) is 29.3 Å². The van der Waals surface area contributed by atoms with Gasteiger partial charge in [-0.25, -0.2) is 17.5 Å². The summed E-state index contributed by atoms with van der Waals surface area (Å²) in [5.41, 5.74) is -0.238. The van der Waals surface area contributed by atoms with Crippen LogP contribution in [-0.2, 0) is 21.8 Å². The van der Waals surface area contributed by atoms with Crippen molar-refractivity contribution in [2.45, 2.75) is 24.3 Å². The van der Waals surface area contributed by atoms with Crippen molar-refractivity contribution in [3.63, 3.8) is 0 Å². The average molecular weight is 406 g/mol. The summed E-state index contributed by atoms with van der Waals surface area (Å²) in [4.78, 5) is 12.7. The molecule has 1 saturated heterocycles. The van der Waals surface area contributed by atoms with Crippen LogP contribution in [0.25, 0.3) is 0 Å². The number of nitrogens with zero attached hydrogens (tertiary/aromatic N) is 2. The number of nitriles is 1. The molecule has 2 aromatic rings. The van der Waals surface area contributed by atoms with Gasteiger partial charge in [-0.1, -0.05) is 0 Å². The molecular weight excluding hydrogens is 387 g/mol. The number of aryl methyl sites for hydroxylation is 1. The summed E-state index contributed by atoms with van der Waals surface area (Å²) in [5.74, 6) is -1.27. The fourth-order valence-corrected chi connectivity index (χ4v) is 4.72. The first-order chi connectivity index (χ1) is 13.1. The molecule has 1 aliphatic heterocycles. The predicted octanol–water partition coefficient (Wildman–Crippen LogP) is 1.66. The minimum Gasteiger partial charge on any atom is -0.377 e. The molecule has 1 amide bonds. The Morgan fingerprint density at radius 3 is 2.64 bits per heavy atom. The molecule has 0 saturated carbocycles. The van der Waals surface area contributed by atoms with E-state index < -0.39 is 27.3 Å². The zero-order valence-corrected chi connectivity index (χ0v) is 16.4. The van der Waals surface area contributed by atoms with Crippen LogP contribution in [0, 0.1) is 24.1 Å². The summed E-state index contributed by atoms with van der Waals surface area (Å²) in [6.07, 6.45) is 1.36. The highest BCUT2D eigenvalue weighted by Crippen LogP contribution is 2.25. The summed E-state index contributed by atoms with van der Waals surface area (Å²) in [5, 5.41) is 11.5. The molecule has 1 aromatic heterocycles. The molecule has 0 atom stereocenters. The van der Waals surface area contributed by atoms with E-state index in [0.29, 0.717) is 0 Å². The Morgan fingerprint density at radius 2 is 2.07 bits per heavy atom. The summed E-state index contributed by atoms with van der Waals surface area (Å²) in [7, 11) is -2.30. The van der Waals surface area contributed by atoms with Crippen LogP contribution in [0.2, 0.25) is 0 Å². The van der Waals surface area contributed by atoms with Crippen molar-refractivity contribution >= 4 is 21.6 Å². The van der Waals surface area contributed by atoms with Crippen molar-refractivity contribution < 1.29 is 22.3 Å². The van der Waals surface area contributed by atoms with Crippen LogP contribution in [0.4, 0.5) is 10.1 Å². The highest BCUT2D eigenvalue weighted by Gasteiger charge is 2.39. The Hall–Kier alpha value is -2.74. The van der Waals surface area contributed by atoms with Crippen LogP contribution < -0.4 is 10.0 Å². The molecule has 148 valence electrons. The molecule has 0 spiro atoms. The van der Waals surface area contributed by atoms with Gasteiger partial charge in [0, 0.05) is 18.9 Å². The second-order valence-corrected chi connectivity index (χ2v) is 8.65. The quantitative estimate of drug-likeness (QED) is 0.784. The molecule has 0 aliphatic carbocycles. The number of sulfonamides is 1. The van der Waals surface area contributed by atoms with E-state index in [1.54, 1.807) is 20.0 Å². The van der Waals surface area contributed by atoms with Crippen LogP contribution in [0.1, 0.15) is 28.5 Å². The third-order valence-electron chi connectivity index (χ3n) is 4.46. The largest absolute Gasteiger partial charge is 0.377 e. The van der Waals surface area contributed by atoms with Crippen LogP contribution >= 0.6 is 0 Å². The average Bonchev–Trinajstić information content (AvgIpc) is 2.90. The van der Waals surface area contributed by atoms with Crippen LogP contribution in [0.5, 0.6) is 0 Å². The fourth-order valence-electron chi connectivity index (χ4n) is 3.05. The lowest BCUT2D eigenvalue weighted by atomic mass is 10.0. The number of benzene rings is 1. The van der Waals surface area contributed by atoms with E-state index in [2.05, 4.69) is 10.0 Å². The predicted molar refractivity (Wildman–Crippen MR) is 98.8 cm³/mol. The van der Waals surface area contributed by atoms with E-state index in [9.17, 15) is 17.6 Å². The van der Waals surface area contributed by atoms with E-state index in [4.69, 9.17) is 10.00 Å². The Balaban J connectivity index is 1.89. The molecule has 0 bridgehead atoms. The van der Waals surface area contributed by atoms with Crippen molar-refractivity contribution in [2.75, 3.05) is 18.5 Å². The number of hydrogen-bond acceptors (Lipinski definition) is 5. The van der Waals surface area contributed by atoms with Gasteiger partial charge in [-0.2, -0.15) is 5.26 Å². The number of amides is 1. The maximum atomic E-state index is 13.4. The molecule has 10 heteroatoms. The molecule has 3 rings (SSSR count). The van der Waals surface area contributed by atoms with Gasteiger partial charge >= 0.3 is 0 Å². The van der Waals surface area contributed by atoms with Gasteiger partial charge < -0.3 is 14.6 Å². The van der Waals surface area contributed by atoms with E-state index in [0.717, 1.165) is 6.07 Å². The maximum Gasteiger partial charge on any atom is 0.272 e. The van der Waals surface area contributed by atoms with Gasteiger partial charge in [0.1, 0.15) is 22.5 Å². The minimum atomic E-state index is -3.86. The van der Waals surface area contributed by atoms with Gasteiger partial charge in [-0.15, -0.1) is 0 Å². The molecule has 2 heterocycles. The van der Waals surface area contributed by atoms with E-state index >= 15 is 0 Å². The van der Waals surface area contributed by atoms with Crippen LogP contribution in [0.3, 0.4) is 0 Å². The molecule has 1 aromatic carbocycles. The Kier molecular flexibility index (Phi) is 5.01. The molecule has 1 fully saturated rings. The second-order valence-electron chi connectivity index (χ2n) is 7.00. The zero-order valence-electron chi connectivity index (χ0n) is 15.5. The number of halogens is 1. The topological polar surface area (TPSA) is 113 Å². The van der Waals surface area contributed by atoms with Gasteiger partial charge in [0.25, 0.3) is 5.91 Å². The summed E-state index contributed by atoms with van der Waals surface area (Å²) >= 11 is 0. The number of anilines is 1. The summed E-state index contributed by atoms with van der Waals surface area (Å²) in [6, 6.07) is 5.31. The van der Waals surface area contributed by atoms with Gasteiger partial charge in [0.05, 0.1) is 24.3 Å². The zero-order chi connectivity index (χ0) is 20.7. The fraction of sp³-hybridized carbons (Fsp3) is 0.333. The monoisotopic (exact) mass is 406 g/mol. The molecule has 28 heavy (non-hydrogen) atoms. The number of carbonyl (C=O) groups excluding carboxylic acids is 1. The number of rotatable bonds is 5. The highest BCUT2D eigenvalue weighted by molar-refractivity contribution is 7.89. The molecule has 0 radical (unpaired) electrons. The van der Waals surface area contributed by atoms with Crippen molar-refractivity contribution in [1.82, 2.24) is 9.29 Å². The van der Waals surface area contributed by atoms with Gasteiger partial charge in [-0.3, -0.25) is 4.79 Å².